The minimum Gasteiger partial charge on any atom is -0.462 e. The Balaban J connectivity index is 1.29. The summed E-state index contributed by atoms with van der Waals surface area (Å²) in [5, 5.41) is 5.55. The van der Waals surface area contributed by atoms with Crippen LogP contribution < -0.4 is 10.6 Å². The quantitative estimate of drug-likeness (QED) is 0.780. The van der Waals surface area contributed by atoms with Crippen LogP contribution in [-0.2, 0) is 14.3 Å². The fourth-order valence-corrected chi connectivity index (χ4v) is 5.06. The molecule has 2 aliphatic carbocycles. The lowest BCUT2D eigenvalue weighted by molar-refractivity contribution is -0.145. The van der Waals surface area contributed by atoms with Gasteiger partial charge in [0.25, 0.3) is 5.91 Å². The third kappa shape index (κ3) is 3.06. The molecule has 1 saturated heterocycles. The third-order valence-electron chi connectivity index (χ3n) is 6.28. The molecule has 2 aromatic rings. The second-order valence-corrected chi connectivity index (χ2v) is 7.95. The van der Waals surface area contributed by atoms with Crippen molar-refractivity contribution in [3.05, 3.63) is 59.9 Å². The van der Waals surface area contributed by atoms with Crippen LogP contribution in [0.1, 0.15) is 23.2 Å². The van der Waals surface area contributed by atoms with Crippen molar-refractivity contribution in [2.75, 3.05) is 10.6 Å². The summed E-state index contributed by atoms with van der Waals surface area (Å²) in [6.07, 6.45) is 1.60. The predicted molar refractivity (Wildman–Crippen MR) is 102 cm³/mol. The number of fused-ring (bicyclic) bond motifs is 1. The van der Waals surface area contributed by atoms with Gasteiger partial charge in [0.15, 0.2) is 0 Å². The van der Waals surface area contributed by atoms with Crippen LogP contribution in [-0.4, -0.2) is 23.9 Å². The summed E-state index contributed by atoms with van der Waals surface area (Å²) in [7, 11) is 0. The largest absolute Gasteiger partial charge is 0.462 e. The molecule has 0 spiro atoms. The summed E-state index contributed by atoms with van der Waals surface area (Å²) in [6.45, 7) is 0. The van der Waals surface area contributed by atoms with Gasteiger partial charge in [0, 0.05) is 22.9 Å². The molecule has 2 N–H and O–H groups in total. The van der Waals surface area contributed by atoms with Crippen LogP contribution in [0, 0.1) is 29.5 Å². The van der Waals surface area contributed by atoms with Crippen LogP contribution in [0.2, 0.25) is 0 Å². The molecule has 148 valence electrons. The zero-order valence-corrected chi connectivity index (χ0v) is 15.4. The monoisotopic (exact) mass is 394 g/mol. The molecule has 0 unspecified atom stereocenters. The van der Waals surface area contributed by atoms with Gasteiger partial charge in [-0.25, -0.2) is 4.39 Å². The molecule has 2 saturated carbocycles. The second-order valence-electron chi connectivity index (χ2n) is 7.95. The predicted octanol–water partition coefficient (Wildman–Crippen LogP) is 3.21. The first-order valence-electron chi connectivity index (χ1n) is 9.68. The van der Waals surface area contributed by atoms with Crippen LogP contribution in [0.3, 0.4) is 0 Å². The number of rotatable bonds is 4. The van der Waals surface area contributed by atoms with E-state index in [-0.39, 0.29) is 53.4 Å². The second kappa shape index (κ2) is 6.69. The summed E-state index contributed by atoms with van der Waals surface area (Å²) in [5.74, 6) is -1.58. The van der Waals surface area contributed by atoms with Gasteiger partial charge in [-0.3, -0.25) is 14.4 Å². The van der Waals surface area contributed by atoms with Crippen LogP contribution >= 0.6 is 0 Å². The molecule has 5 rings (SSSR count). The number of nitrogens with one attached hydrogen (secondary N) is 2. The molecular weight excluding hydrogens is 375 g/mol. The third-order valence-corrected chi connectivity index (χ3v) is 6.28. The molecule has 2 aromatic carbocycles. The van der Waals surface area contributed by atoms with Gasteiger partial charge >= 0.3 is 5.97 Å². The number of hydrogen-bond acceptors (Lipinski definition) is 4. The average molecular weight is 394 g/mol. The highest BCUT2D eigenvalue weighted by Gasteiger charge is 2.63. The summed E-state index contributed by atoms with van der Waals surface area (Å²) >= 11 is 0. The van der Waals surface area contributed by atoms with Gasteiger partial charge in [-0.05, 0) is 61.2 Å². The zero-order chi connectivity index (χ0) is 20.1. The van der Waals surface area contributed by atoms with E-state index in [1.54, 1.807) is 24.3 Å². The number of carbonyl (C=O) groups is 3. The number of carbonyl (C=O) groups excluding carboxylic acids is 3. The molecule has 0 radical (unpaired) electrons. The van der Waals surface area contributed by atoms with E-state index in [2.05, 4.69) is 10.6 Å². The summed E-state index contributed by atoms with van der Waals surface area (Å²) < 4.78 is 18.4. The summed E-state index contributed by atoms with van der Waals surface area (Å²) in [4.78, 5) is 37.5. The number of hydrogen-bond donors (Lipinski definition) is 2. The van der Waals surface area contributed by atoms with E-state index < -0.39 is 0 Å². The van der Waals surface area contributed by atoms with E-state index >= 15 is 0 Å². The van der Waals surface area contributed by atoms with Gasteiger partial charge in [0.05, 0.1) is 11.8 Å². The fourth-order valence-electron chi connectivity index (χ4n) is 5.06. The molecule has 5 atom stereocenters. The van der Waals surface area contributed by atoms with Crippen LogP contribution in [0.4, 0.5) is 15.8 Å². The molecular formula is C22H19FN2O4. The number of esters is 1. The first kappa shape index (κ1) is 17.8. The number of ether oxygens (including phenoxy) is 1. The standard InChI is InChI=1S/C22H19FN2O4/c23-13-4-6-14(7-5-13)24-20(26)11-2-1-3-15(8-11)25-21(27)18-12-9-16-17(10-12)29-22(28)19(16)18/h1-8,12,16-19H,9-10H2,(H,24,26)(H,25,27)/t12-,16-,17-,18-,19+/m1/s1. The number of anilines is 2. The van der Waals surface area contributed by atoms with Crippen molar-refractivity contribution in [1.29, 1.82) is 0 Å². The average Bonchev–Trinajstić information content (AvgIpc) is 3.32. The molecule has 7 heteroatoms. The fraction of sp³-hybridized carbons (Fsp3) is 0.318. The van der Waals surface area contributed by atoms with Crippen molar-refractivity contribution in [3.63, 3.8) is 0 Å². The van der Waals surface area contributed by atoms with Crippen LogP contribution in [0.5, 0.6) is 0 Å². The first-order valence-corrected chi connectivity index (χ1v) is 9.68. The zero-order valence-electron chi connectivity index (χ0n) is 15.4. The smallest absolute Gasteiger partial charge is 0.310 e. The Hall–Kier alpha value is -3.22. The molecule has 3 aliphatic rings. The Morgan fingerprint density at radius 3 is 2.59 bits per heavy atom. The SMILES string of the molecule is O=C(Nc1ccc(F)cc1)c1cccc(NC(=O)[C@@H]2[C@@H]3C[C@H]4[C@@H]2C(=O)O[C@@H]4C3)c1. The van der Waals surface area contributed by atoms with Crippen LogP contribution in [0.25, 0.3) is 0 Å². The maximum Gasteiger partial charge on any atom is 0.310 e. The van der Waals surface area contributed by atoms with Gasteiger partial charge in [0.1, 0.15) is 11.9 Å². The number of halogens is 1. The Morgan fingerprint density at radius 2 is 1.79 bits per heavy atom. The van der Waals surface area contributed by atoms with Gasteiger partial charge in [-0.2, -0.15) is 0 Å². The number of benzene rings is 2. The highest BCUT2D eigenvalue weighted by atomic mass is 19.1. The van der Waals surface area contributed by atoms with E-state index in [4.69, 9.17) is 4.74 Å². The van der Waals surface area contributed by atoms with Gasteiger partial charge < -0.3 is 15.4 Å². The summed E-state index contributed by atoms with van der Waals surface area (Å²) in [5.41, 5.74) is 1.33. The minimum atomic E-state index is -0.384. The highest BCUT2D eigenvalue weighted by molar-refractivity contribution is 6.05. The van der Waals surface area contributed by atoms with Crippen molar-refractivity contribution in [3.8, 4) is 0 Å². The van der Waals surface area contributed by atoms with E-state index in [1.165, 1.54) is 24.3 Å². The Kier molecular flexibility index (Phi) is 4.12. The van der Waals surface area contributed by atoms with Gasteiger partial charge in [0.2, 0.25) is 5.91 Å². The molecule has 1 aliphatic heterocycles. The molecule has 1 heterocycles. The van der Waals surface area contributed by atoms with Gasteiger partial charge in [-0.1, -0.05) is 6.07 Å². The molecule has 3 fully saturated rings. The molecule has 0 aromatic heterocycles. The summed E-state index contributed by atoms with van der Waals surface area (Å²) in [6, 6.07) is 12.1. The lowest BCUT2D eigenvalue weighted by Crippen LogP contribution is -2.35. The van der Waals surface area contributed by atoms with E-state index in [9.17, 15) is 18.8 Å². The van der Waals surface area contributed by atoms with Crippen molar-refractivity contribution >= 4 is 29.2 Å². The Labute approximate surface area is 166 Å². The van der Waals surface area contributed by atoms with Crippen LogP contribution in [0.15, 0.2) is 48.5 Å². The molecule has 29 heavy (non-hydrogen) atoms. The lowest BCUT2D eigenvalue weighted by Gasteiger charge is -2.23. The maximum absolute atomic E-state index is 13.0. The maximum atomic E-state index is 13.0. The van der Waals surface area contributed by atoms with Crippen molar-refractivity contribution < 1.29 is 23.5 Å². The normalized spacial score (nSPS) is 28.9. The first-order chi connectivity index (χ1) is 14.0. The van der Waals surface area contributed by atoms with Crippen molar-refractivity contribution in [2.24, 2.45) is 23.7 Å². The topological polar surface area (TPSA) is 84.5 Å². The van der Waals surface area contributed by atoms with E-state index in [0.717, 1.165) is 12.8 Å². The van der Waals surface area contributed by atoms with E-state index in [1.807, 2.05) is 0 Å². The highest BCUT2D eigenvalue weighted by Crippen LogP contribution is 2.57. The Morgan fingerprint density at radius 1 is 1.00 bits per heavy atom. The van der Waals surface area contributed by atoms with Crippen molar-refractivity contribution in [2.45, 2.75) is 18.9 Å². The lowest BCUT2D eigenvalue weighted by atomic mass is 9.79. The Bertz CT molecular complexity index is 1000. The van der Waals surface area contributed by atoms with Crippen molar-refractivity contribution in [1.82, 2.24) is 0 Å². The number of amides is 2. The molecule has 2 bridgehead atoms. The minimum absolute atomic E-state index is 0.0139. The van der Waals surface area contributed by atoms with Gasteiger partial charge in [-0.15, -0.1) is 0 Å². The van der Waals surface area contributed by atoms with E-state index in [0.29, 0.717) is 16.9 Å². The molecule has 2 amide bonds. The molecule has 6 nitrogen and oxygen atoms in total.